The number of aliphatic hydroxyl groups excluding tert-OH is 1. The zero-order valence-corrected chi connectivity index (χ0v) is 19.8. The van der Waals surface area contributed by atoms with E-state index in [4.69, 9.17) is 21.4 Å². The molecule has 0 aromatic heterocycles. The van der Waals surface area contributed by atoms with Gasteiger partial charge < -0.3 is 24.7 Å². The molecule has 0 aliphatic carbocycles. The highest BCUT2D eigenvalue weighted by atomic mass is 35.5. The summed E-state index contributed by atoms with van der Waals surface area (Å²) in [4.78, 5) is 39.4. The number of benzene rings is 1. The van der Waals surface area contributed by atoms with Crippen LogP contribution in [0.25, 0.3) is 6.08 Å². The SMILES string of the molecule is C[C@H](CN(CCCO)C(=O)OC(C)(C)C)N(CCC(=O)O)C(=O)C=Cc1cccc(Cl)c1. The lowest BCUT2D eigenvalue weighted by Gasteiger charge is -2.34. The summed E-state index contributed by atoms with van der Waals surface area (Å²) in [6, 6.07) is 6.49. The van der Waals surface area contributed by atoms with Crippen LogP contribution in [0.1, 0.15) is 46.1 Å². The van der Waals surface area contributed by atoms with Gasteiger partial charge in [-0.15, -0.1) is 0 Å². The van der Waals surface area contributed by atoms with Crippen molar-refractivity contribution in [3.63, 3.8) is 0 Å². The van der Waals surface area contributed by atoms with Crippen molar-refractivity contribution >= 4 is 35.6 Å². The van der Waals surface area contributed by atoms with Gasteiger partial charge in [0, 0.05) is 43.4 Å². The van der Waals surface area contributed by atoms with Gasteiger partial charge in [-0.2, -0.15) is 0 Å². The molecule has 1 atom stereocenters. The fourth-order valence-electron chi connectivity index (χ4n) is 2.90. The van der Waals surface area contributed by atoms with Crippen LogP contribution in [-0.4, -0.2) is 75.9 Å². The van der Waals surface area contributed by atoms with Gasteiger partial charge in [0.2, 0.25) is 5.91 Å². The summed E-state index contributed by atoms with van der Waals surface area (Å²) in [6.45, 7) is 7.25. The minimum atomic E-state index is -1.03. The van der Waals surface area contributed by atoms with Crippen LogP contribution in [0.3, 0.4) is 0 Å². The maximum atomic E-state index is 12.9. The van der Waals surface area contributed by atoms with E-state index in [1.165, 1.54) is 15.9 Å². The fraction of sp³-hybridized carbons (Fsp3) is 0.522. The van der Waals surface area contributed by atoms with Crippen molar-refractivity contribution in [2.24, 2.45) is 0 Å². The summed E-state index contributed by atoms with van der Waals surface area (Å²) >= 11 is 5.97. The zero-order chi connectivity index (χ0) is 24.3. The molecule has 1 aromatic rings. The van der Waals surface area contributed by atoms with Crippen molar-refractivity contribution in [1.29, 1.82) is 0 Å². The van der Waals surface area contributed by atoms with Crippen molar-refractivity contribution < 1.29 is 29.3 Å². The lowest BCUT2D eigenvalue weighted by atomic mass is 10.2. The summed E-state index contributed by atoms with van der Waals surface area (Å²) in [6.07, 6.45) is 2.52. The second-order valence-corrected chi connectivity index (χ2v) is 8.85. The number of carboxylic acid groups (broad SMARTS) is 1. The average Bonchev–Trinajstić information content (AvgIpc) is 2.68. The Morgan fingerprint density at radius 3 is 2.47 bits per heavy atom. The first-order chi connectivity index (χ1) is 14.9. The number of carboxylic acids is 1. The first-order valence-corrected chi connectivity index (χ1v) is 10.9. The molecular formula is C23H33ClN2O6. The molecule has 0 unspecified atom stereocenters. The summed E-state index contributed by atoms with van der Waals surface area (Å²) in [5, 5.41) is 18.8. The first kappa shape index (κ1) is 27.5. The smallest absolute Gasteiger partial charge is 0.410 e. The molecule has 0 saturated carbocycles. The highest BCUT2D eigenvalue weighted by molar-refractivity contribution is 6.30. The van der Waals surface area contributed by atoms with Crippen molar-refractivity contribution in [3.05, 3.63) is 40.9 Å². The van der Waals surface area contributed by atoms with Crippen LogP contribution in [-0.2, 0) is 14.3 Å². The molecule has 2 amide bonds. The molecule has 8 nitrogen and oxygen atoms in total. The monoisotopic (exact) mass is 468 g/mol. The van der Waals surface area contributed by atoms with E-state index in [0.717, 1.165) is 5.56 Å². The molecule has 0 fully saturated rings. The number of halogens is 1. The first-order valence-electron chi connectivity index (χ1n) is 10.5. The lowest BCUT2D eigenvalue weighted by Crippen LogP contribution is -2.48. The number of carbonyl (C=O) groups is 3. The quantitative estimate of drug-likeness (QED) is 0.480. The largest absolute Gasteiger partial charge is 0.481 e. The van der Waals surface area contributed by atoms with E-state index < -0.39 is 23.7 Å². The fourth-order valence-corrected chi connectivity index (χ4v) is 3.10. The molecule has 32 heavy (non-hydrogen) atoms. The summed E-state index contributed by atoms with van der Waals surface area (Å²) in [5.41, 5.74) is 0.0334. The Hall–Kier alpha value is -2.58. The van der Waals surface area contributed by atoms with Gasteiger partial charge in [-0.1, -0.05) is 23.7 Å². The number of nitrogens with zero attached hydrogens (tertiary/aromatic N) is 2. The van der Waals surface area contributed by atoms with Crippen molar-refractivity contribution in [2.75, 3.05) is 26.2 Å². The third-order valence-corrected chi connectivity index (χ3v) is 4.61. The van der Waals surface area contributed by atoms with E-state index in [2.05, 4.69) is 0 Å². The van der Waals surface area contributed by atoms with E-state index in [9.17, 15) is 19.5 Å². The Bertz CT molecular complexity index is 806. The number of aliphatic hydroxyl groups is 1. The number of hydrogen-bond acceptors (Lipinski definition) is 5. The molecule has 0 spiro atoms. The van der Waals surface area contributed by atoms with Gasteiger partial charge in [-0.05, 0) is 57.9 Å². The highest BCUT2D eigenvalue weighted by Gasteiger charge is 2.27. The topological polar surface area (TPSA) is 107 Å². The van der Waals surface area contributed by atoms with Gasteiger partial charge in [0.05, 0.1) is 6.42 Å². The van der Waals surface area contributed by atoms with Crippen LogP contribution in [0.15, 0.2) is 30.3 Å². The number of aliphatic carboxylic acids is 1. The number of rotatable bonds is 11. The maximum absolute atomic E-state index is 12.9. The molecular weight excluding hydrogens is 436 g/mol. The van der Waals surface area contributed by atoms with Gasteiger partial charge in [-0.25, -0.2) is 4.79 Å². The molecule has 2 N–H and O–H groups in total. The normalized spacial score (nSPS) is 12.4. The van der Waals surface area contributed by atoms with Gasteiger partial charge in [0.1, 0.15) is 5.60 Å². The zero-order valence-electron chi connectivity index (χ0n) is 19.1. The van der Waals surface area contributed by atoms with E-state index >= 15 is 0 Å². The molecule has 1 rings (SSSR count). The van der Waals surface area contributed by atoms with Gasteiger partial charge in [0.15, 0.2) is 0 Å². The molecule has 1 aromatic carbocycles. The summed E-state index contributed by atoms with van der Waals surface area (Å²) in [5.74, 6) is -1.41. The molecule has 0 heterocycles. The van der Waals surface area contributed by atoms with E-state index in [1.807, 2.05) is 0 Å². The van der Waals surface area contributed by atoms with E-state index in [1.54, 1.807) is 58.0 Å². The van der Waals surface area contributed by atoms with Crippen molar-refractivity contribution in [3.8, 4) is 0 Å². The Morgan fingerprint density at radius 1 is 1.22 bits per heavy atom. The molecule has 0 aliphatic rings. The van der Waals surface area contributed by atoms with Gasteiger partial charge in [0.25, 0.3) is 0 Å². The Labute approximate surface area is 194 Å². The van der Waals surface area contributed by atoms with E-state index in [0.29, 0.717) is 11.4 Å². The van der Waals surface area contributed by atoms with Gasteiger partial charge >= 0.3 is 12.1 Å². The van der Waals surface area contributed by atoms with Crippen LogP contribution in [0.5, 0.6) is 0 Å². The Morgan fingerprint density at radius 2 is 1.91 bits per heavy atom. The maximum Gasteiger partial charge on any atom is 0.410 e. The minimum absolute atomic E-state index is 0.0165. The highest BCUT2D eigenvalue weighted by Crippen LogP contribution is 2.15. The van der Waals surface area contributed by atoms with Crippen LogP contribution in [0, 0.1) is 0 Å². The van der Waals surface area contributed by atoms with Crippen LogP contribution in [0.4, 0.5) is 4.79 Å². The predicted molar refractivity (Wildman–Crippen MR) is 123 cm³/mol. The average molecular weight is 469 g/mol. The standard InChI is InChI=1S/C23H33ClN2O6/c1-17(16-25(12-6-14-27)22(31)32-23(2,3)4)26(13-11-21(29)30)20(28)10-9-18-7-5-8-19(24)15-18/h5,7-10,15,17,27H,6,11-14,16H2,1-4H3,(H,29,30)/t17-/m1/s1. The number of carbonyl (C=O) groups excluding carboxylic acids is 2. The Kier molecular flexibility index (Phi) is 11.2. The minimum Gasteiger partial charge on any atom is -0.481 e. The molecule has 0 bridgehead atoms. The van der Waals surface area contributed by atoms with Crippen LogP contribution >= 0.6 is 11.6 Å². The van der Waals surface area contributed by atoms with Crippen LogP contribution in [0.2, 0.25) is 5.02 Å². The lowest BCUT2D eigenvalue weighted by molar-refractivity contribution is -0.138. The summed E-state index contributed by atoms with van der Waals surface area (Å²) < 4.78 is 5.43. The van der Waals surface area contributed by atoms with Crippen LogP contribution < -0.4 is 0 Å². The molecule has 0 radical (unpaired) electrons. The molecule has 9 heteroatoms. The third kappa shape index (κ3) is 10.6. The number of hydrogen-bond donors (Lipinski definition) is 2. The third-order valence-electron chi connectivity index (χ3n) is 4.37. The molecule has 0 aliphatic heterocycles. The number of ether oxygens (including phenoxy) is 1. The predicted octanol–water partition coefficient (Wildman–Crippen LogP) is 3.66. The summed E-state index contributed by atoms with van der Waals surface area (Å²) in [7, 11) is 0. The Balaban J connectivity index is 3.01. The second-order valence-electron chi connectivity index (χ2n) is 8.42. The second kappa shape index (κ2) is 13.1. The molecule has 178 valence electrons. The van der Waals surface area contributed by atoms with Crippen molar-refractivity contribution in [1.82, 2.24) is 9.80 Å². The van der Waals surface area contributed by atoms with E-state index in [-0.39, 0.29) is 38.6 Å². The van der Waals surface area contributed by atoms with Crippen molar-refractivity contribution in [2.45, 2.75) is 52.2 Å². The molecule has 0 saturated heterocycles. The number of amides is 2. The van der Waals surface area contributed by atoms with Gasteiger partial charge in [-0.3, -0.25) is 9.59 Å².